The summed E-state index contributed by atoms with van der Waals surface area (Å²) < 4.78 is 48.2. The van der Waals surface area contributed by atoms with Crippen LogP contribution in [-0.4, -0.2) is 55.7 Å². The molecule has 0 radical (unpaired) electrons. The molecule has 3 N–H and O–H groups in total. The number of ether oxygens (including phenoxy) is 2. The first-order chi connectivity index (χ1) is 14.2. The Morgan fingerprint density at radius 1 is 1.06 bits per heavy atom. The second-order valence-corrected chi connectivity index (χ2v) is 8.19. The van der Waals surface area contributed by atoms with Gasteiger partial charge >= 0.3 is 29.6 Å². The van der Waals surface area contributed by atoms with Gasteiger partial charge in [0.15, 0.2) is 23.0 Å². The van der Waals surface area contributed by atoms with E-state index >= 15 is 0 Å². The first kappa shape index (κ1) is 25.7. The molecule has 0 bridgehead atoms. The number of aromatic hydroxyl groups is 2. The monoisotopic (exact) mass is 462 g/mol. The van der Waals surface area contributed by atoms with Crippen LogP contribution in [0.5, 0.6) is 23.0 Å². The van der Waals surface area contributed by atoms with Gasteiger partial charge in [0.25, 0.3) is 0 Å². The number of fused-ring (bicyclic) bond motifs is 1. The van der Waals surface area contributed by atoms with E-state index in [1.54, 1.807) is 18.2 Å². The molecule has 11 heteroatoms. The molecule has 0 saturated carbocycles. The van der Waals surface area contributed by atoms with Crippen LogP contribution in [0.3, 0.4) is 0 Å². The molecule has 0 aliphatic heterocycles. The predicted octanol–water partition coefficient (Wildman–Crippen LogP) is -1.49. The second-order valence-electron chi connectivity index (χ2n) is 7.14. The zero-order chi connectivity index (χ0) is 22.1. The van der Waals surface area contributed by atoms with Crippen molar-refractivity contribution in [1.29, 1.82) is 0 Å². The third-order valence-electron chi connectivity index (χ3n) is 5.49. The Labute approximate surface area is 202 Å². The van der Waals surface area contributed by atoms with Crippen LogP contribution in [0, 0.1) is 11.8 Å². The van der Waals surface area contributed by atoms with Crippen molar-refractivity contribution >= 4 is 10.4 Å². The van der Waals surface area contributed by atoms with E-state index in [0.29, 0.717) is 17.5 Å². The summed E-state index contributed by atoms with van der Waals surface area (Å²) in [5.41, 5.74) is 2.09. The Morgan fingerprint density at radius 3 is 2.29 bits per heavy atom. The third kappa shape index (κ3) is 5.64. The van der Waals surface area contributed by atoms with Crippen molar-refractivity contribution in [2.45, 2.75) is 12.3 Å². The number of phenols is 2. The minimum Gasteiger partial charge on any atom is -0.726 e. The van der Waals surface area contributed by atoms with Gasteiger partial charge in [0.2, 0.25) is 10.4 Å². The van der Waals surface area contributed by atoms with Gasteiger partial charge < -0.3 is 29.3 Å². The van der Waals surface area contributed by atoms with Crippen molar-refractivity contribution in [2.75, 3.05) is 27.4 Å². The minimum absolute atomic E-state index is 0. The summed E-state index contributed by atoms with van der Waals surface area (Å²) in [6, 6.07) is 7.83. The molecular formula is C20H23NaO9S. The van der Waals surface area contributed by atoms with E-state index in [0.717, 1.165) is 5.56 Å². The van der Waals surface area contributed by atoms with Gasteiger partial charge in [-0.25, -0.2) is 8.42 Å². The average Bonchev–Trinajstić information content (AvgIpc) is 2.70. The Kier molecular flexibility index (Phi) is 8.62. The number of benzene rings is 2. The van der Waals surface area contributed by atoms with E-state index < -0.39 is 34.8 Å². The maximum absolute atomic E-state index is 11.1. The number of hydrogen-bond donors (Lipinski definition) is 3. The fourth-order valence-corrected chi connectivity index (χ4v) is 4.43. The van der Waals surface area contributed by atoms with Crippen LogP contribution in [0.1, 0.15) is 22.6 Å². The molecule has 0 amide bonds. The largest absolute Gasteiger partial charge is 1.00 e. The molecule has 0 fully saturated rings. The Bertz CT molecular complexity index is 1030. The molecule has 2 aromatic rings. The van der Waals surface area contributed by atoms with Crippen molar-refractivity contribution in [1.82, 2.24) is 0 Å². The van der Waals surface area contributed by atoms with E-state index in [-0.39, 0.29) is 59.2 Å². The summed E-state index contributed by atoms with van der Waals surface area (Å²) in [4.78, 5) is 0. The molecule has 0 aromatic heterocycles. The molecule has 0 spiro atoms. The molecule has 3 unspecified atom stereocenters. The molecule has 1 aliphatic carbocycles. The molecule has 0 saturated heterocycles. The van der Waals surface area contributed by atoms with Crippen molar-refractivity contribution in [3.8, 4) is 23.0 Å². The van der Waals surface area contributed by atoms with Crippen LogP contribution >= 0.6 is 0 Å². The summed E-state index contributed by atoms with van der Waals surface area (Å²) in [6.45, 7) is -0.724. The molecule has 9 nitrogen and oxygen atoms in total. The zero-order valence-electron chi connectivity index (χ0n) is 17.4. The molecule has 164 valence electrons. The first-order valence-corrected chi connectivity index (χ1v) is 10.5. The fraction of sp³-hybridized carbons (Fsp3) is 0.400. The number of hydrogen-bond acceptors (Lipinski definition) is 9. The molecule has 31 heavy (non-hydrogen) atoms. The molecule has 3 rings (SSSR count). The van der Waals surface area contributed by atoms with Gasteiger partial charge in [-0.15, -0.1) is 0 Å². The fourth-order valence-electron chi connectivity index (χ4n) is 4.10. The van der Waals surface area contributed by atoms with Crippen molar-refractivity contribution < 1.29 is 71.5 Å². The van der Waals surface area contributed by atoms with E-state index in [1.807, 2.05) is 0 Å². The summed E-state index contributed by atoms with van der Waals surface area (Å²) in [5, 5.41) is 30.3. The first-order valence-electron chi connectivity index (χ1n) is 9.16. The van der Waals surface area contributed by atoms with E-state index in [4.69, 9.17) is 9.47 Å². The molecule has 1 aliphatic rings. The zero-order valence-corrected chi connectivity index (χ0v) is 20.3. The van der Waals surface area contributed by atoms with Gasteiger partial charge in [-0.1, -0.05) is 6.07 Å². The van der Waals surface area contributed by atoms with E-state index in [9.17, 15) is 28.3 Å². The van der Waals surface area contributed by atoms with Crippen LogP contribution in [-0.2, 0) is 21.0 Å². The maximum Gasteiger partial charge on any atom is 1.00 e. The number of methoxy groups -OCH3 is 2. The maximum atomic E-state index is 11.1. The Morgan fingerprint density at radius 2 is 1.71 bits per heavy atom. The summed E-state index contributed by atoms with van der Waals surface area (Å²) in [6.07, 6.45) is 0.362. The predicted molar refractivity (Wildman–Crippen MR) is 105 cm³/mol. The van der Waals surface area contributed by atoms with Crippen LogP contribution in [0.4, 0.5) is 0 Å². The van der Waals surface area contributed by atoms with Gasteiger partial charge in [0, 0.05) is 12.5 Å². The van der Waals surface area contributed by atoms with Gasteiger partial charge in [-0.3, -0.25) is 4.18 Å². The van der Waals surface area contributed by atoms with Crippen LogP contribution < -0.4 is 39.0 Å². The van der Waals surface area contributed by atoms with Gasteiger partial charge in [0.1, 0.15) is 0 Å². The van der Waals surface area contributed by atoms with E-state index in [1.165, 1.54) is 26.4 Å². The molecular weight excluding hydrogens is 439 g/mol. The summed E-state index contributed by atoms with van der Waals surface area (Å²) >= 11 is 0. The van der Waals surface area contributed by atoms with Crippen LogP contribution in [0.2, 0.25) is 0 Å². The number of aliphatic hydroxyl groups is 1. The summed E-state index contributed by atoms with van der Waals surface area (Å²) in [7, 11) is -2.13. The summed E-state index contributed by atoms with van der Waals surface area (Å²) in [5.74, 6) is -1.31. The van der Waals surface area contributed by atoms with Crippen LogP contribution in [0.15, 0.2) is 30.3 Å². The topological polar surface area (TPSA) is 146 Å². The SMILES string of the molecule is COc1cc(C2c3cc(O)c(OC)cc3CC(CO)C2COS(=O)(=O)[O-])ccc1O.[Na+]. The van der Waals surface area contributed by atoms with Gasteiger partial charge in [0.05, 0.1) is 20.8 Å². The third-order valence-corrected chi connectivity index (χ3v) is 5.92. The van der Waals surface area contributed by atoms with E-state index in [2.05, 4.69) is 4.18 Å². The normalized spacial score (nSPS) is 20.5. The number of phenolic OH excluding ortho intramolecular Hbond substituents is 2. The molecule has 2 aromatic carbocycles. The number of aliphatic hydroxyl groups excluding tert-OH is 1. The van der Waals surface area contributed by atoms with Crippen LogP contribution in [0.25, 0.3) is 0 Å². The Hall–Kier alpha value is -1.53. The molecule has 3 atom stereocenters. The molecule has 0 heterocycles. The van der Waals surface area contributed by atoms with Gasteiger partial charge in [-0.2, -0.15) is 0 Å². The standard InChI is InChI=1S/C20H24O9S.Na/c1-27-18-6-11(3-4-16(18)22)20-14-8-17(23)19(28-2)7-12(14)5-13(9-21)15(20)10-29-30(24,25)26;/h3-4,6-8,13,15,20-23H,5,9-10H2,1-2H3,(H,24,25,26);/q;+1/p-1. The Balaban J connectivity index is 0.00000341. The smallest absolute Gasteiger partial charge is 0.726 e. The second kappa shape index (κ2) is 10.4. The van der Waals surface area contributed by atoms with Gasteiger partial charge in [-0.05, 0) is 59.2 Å². The quantitative estimate of drug-likeness (QED) is 0.254. The van der Waals surface area contributed by atoms with Crippen molar-refractivity contribution in [2.24, 2.45) is 11.8 Å². The van der Waals surface area contributed by atoms with Crippen molar-refractivity contribution in [3.05, 3.63) is 47.0 Å². The minimum atomic E-state index is -4.94. The number of rotatable bonds is 7. The average molecular weight is 462 g/mol. The van der Waals surface area contributed by atoms with Crippen molar-refractivity contribution in [3.63, 3.8) is 0 Å².